The van der Waals surface area contributed by atoms with Crippen LogP contribution in [0.2, 0.25) is 0 Å². The third-order valence-electron chi connectivity index (χ3n) is 4.79. The van der Waals surface area contributed by atoms with Crippen molar-refractivity contribution in [1.82, 2.24) is 0 Å². The molecule has 0 N–H and O–H groups in total. The normalized spacial score (nSPS) is 10.8. The van der Waals surface area contributed by atoms with E-state index in [2.05, 4.69) is 36.6 Å². The third-order valence-corrected chi connectivity index (χ3v) is 4.79. The van der Waals surface area contributed by atoms with Crippen LogP contribution in [0.15, 0.2) is 79.4 Å². The smallest absolute Gasteiger partial charge is 0.134 e. The van der Waals surface area contributed by atoms with Crippen LogP contribution >= 0.6 is 0 Å². The van der Waals surface area contributed by atoms with Crippen LogP contribution < -0.4 is 0 Å². The lowest BCUT2D eigenvalue weighted by molar-refractivity contribution is 0.621. The van der Waals surface area contributed by atoms with Crippen LogP contribution in [-0.2, 0) is 12.8 Å². The molecule has 0 aliphatic heterocycles. The maximum absolute atomic E-state index is 14.7. The Balaban J connectivity index is 1.79. The van der Waals surface area contributed by atoms with E-state index < -0.39 is 0 Å². The number of rotatable bonds is 6. The summed E-state index contributed by atoms with van der Waals surface area (Å²) in [4.78, 5) is 0. The molecule has 28 heavy (non-hydrogen) atoms. The number of fused-ring (bicyclic) bond motifs is 1. The molecule has 0 unspecified atom stereocenters. The summed E-state index contributed by atoms with van der Waals surface area (Å²) in [5.74, 6) is 6.28. The van der Waals surface area contributed by atoms with Crippen molar-refractivity contribution >= 4 is 10.8 Å². The van der Waals surface area contributed by atoms with E-state index in [1.807, 2.05) is 61.5 Å². The molecule has 3 aromatic rings. The topological polar surface area (TPSA) is 0 Å². The van der Waals surface area contributed by atoms with Crippen molar-refractivity contribution in [3.05, 3.63) is 107 Å². The Kier molecular flexibility index (Phi) is 6.82. The molecule has 0 nitrogen and oxygen atoms in total. The van der Waals surface area contributed by atoms with Gasteiger partial charge in [0.15, 0.2) is 0 Å². The second-order valence-corrected chi connectivity index (χ2v) is 6.86. The number of aryl methyl sites for hydroxylation is 2. The van der Waals surface area contributed by atoms with Crippen molar-refractivity contribution in [2.45, 2.75) is 32.6 Å². The molecule has 0 aliphatic carbocycles. The molecule has 3 rings (SSSR count). The molecule has 140 valence electrons. The van der Waals surface area contributed by atoms with E-state index in [9.17, 15) is 4.39 Å². The van der Waals surface area contributed by atoms with E-state index in [1.165, 1.54) is 5.56 Å². The molecule has 0 fully saturated rings. The molecule has 1 heteroatoms. The zero-order valence-corrected chi connectivity index (χ0v) is 16.3. The minimum atomic E-state index is -0.114. The first-order valence-electron chi connectivity index (χ1n) is 9.75. The fourth-order valence-corrected chi connectivity index (χ4v) is 3.18. The van der Waals surface area contributed by atoms with Crippen LogP contribution in [0.25, 0.3) is 10.8 Å². The quantitative estimate of drug-likeness (QED) is 0.324. The number of allylic oxidation sites excluding steroid dienone is 3. The fourth-order valence-electron chi connectivity index (χ4n) is 3.18. The Morgan fingerprint density at radius 3 is 2.39 bits per heavy atom. The second kappa shape index (κ2) is 9.72. The Morgan fingerprint density at radius 1 is 0.893 bits per heavy atom. The molecule has 0 atom stereocenters. The van der Waals surface area contributed by atoms with Crippen LogP contribution in [0.3, 0.4) is 0 Å². The van der Waals surface area contributed by atoms with Gasteiger partial charge in [0.1, 0.15) is 5.82 Å². The highest BCUT2D eigenvalue weighted by Crippen LogP contribution is 2.23. The average molecular weight is 368 g/mol. The van der Waals surface area contributed by atoms with E-state index in [0.717, 1.165) is 47.8 Å². The zero-order valence-electron chi connectivity index (χ0n) is 16.3. The van der Waals surface area contributed by atoms with Crippen molar-refractivity contribution in [3.8, 4) is 11.8 Å². The van der Waals surface area contributed by atoms with Crippen LogP contribution in [0.5, 0.6) is 0 Å². The highest BCUT2D eigenvalue weighted by molar-refractivity contribution is 5.85. The first-order valence-corrected chi connectivity index (χ1v) is 9.75. The van der Waals surface area contributed by atoms with Crippen molar-refractivity contribution < 1.29 is 4.39 Å². The molecule has 0 spiro atoms. The monoisotopic (exact) mass is 368 g/mol. The van der Waals surface area contributed by atoms with E-state index >= 15 is 0 Å². The van der Waals surface area contributed by atoms with Gasteiger partial charge in [-0.05, 0) is 73.4 Å². The lowest BCUT2D eigenvalue weighted by Crippen LogP contribution is -1.92. The lowest BCUT2D eigenvalue weighted by Gasteiger charge is -2.06. The molecule has 0 saturated heterocycles. The highest BCUT2D eigenvalue weighted by Gasteiger charge is 2.07. The fraction of sp³-hybridized carbons (Fsp3) is 0.185. The lowest BCUT2D eigenvalue weighted by atomic mass is 10.0. The van der Waals surface area contributed by atoms with Gasteiger partial charge < -0.3 is 0 Å². The maximum atomic E-state index is 14.7. The summed E-state index contributed by atoms with van der Waals surface area (Å²) in [7, 11) is 0. The zero-order chi connectivity index (χ0) is 19.8. The SMILES string of the molecule is C=CCCc1ccc(C#Cc2ccc3c(F)c(CC/C=C/C)ccc3c2)cc1. The molecular weight excluding hydrogens is 343 g/mol. The molecule has 0 heterocycles. The summed E-state index contributed by atoms with van der Waals surface area (Å²) >= 11 is 0. The summed E-state index contributed by atoms with van der Waals surface area (Å²) in [5, 5.41) is 1.55. The third kappa shape index (κ3) is 4.99. The number of hydrogen-bond acceptors (Lipinski definition) is 0. The van der Waals surface area contributed by atoms with Crippen molar-refractivity contribution in [2.24, 2.45) is 0 Å². The van der Waals surface area contributed by atoms with E-state index in [0.29, 0.717) is 5.39 Å². The summed E-state index contributed by atoms with van der Waals surface area (Å²) in [6.07, 6.45) is 9.56. The number of halogens is 1. The summed E-state index contributed by atoms with van der Waals surface area (Å²) in [6.45, 7) is 5.74. The Bertz CT molecular complexity index is 1040. The van der Waals surface area contributed by atoms with Gasteiger partial charge in [0.25, 0.3) is 0 Å². The molecular formula is C27H25F. The van der Waals surface area contributed by atoms with E-state index in [4.69, 9.17) is 0 Å². The Hall–Kier alpha value is -3.11. The maximum Gasteiger partial charge on any atom is 0.134 e. The van der Waals surface area contributed by atoms with Gasteiger partial charge in [-0.3, -0.25) is 0 Å². The minimum Gasteiger partial charge on any atom is -0.206 e. The largest absolute Gasteiger partial charge is 0.206 e. The highest BCUT2D eigenvalue weighted by atomic mass is 19.1. The second-order valence-electron chi connectivity index (χ2n) is 6.86. The van der Waals surface area contributed by atoms with Gasteiger partial charge in [-0.2, -0.15) is 0 Å². The van der Waals surface area contributed by atoms with Crippen LogP contribution in [0, 0.1) is 17.7 Å². The van der Waals surface area contributed by atoms with Gasteiger partial charge in [0.2, 0.25) is 0 Å². The van der Waals surface area contributed by atoms with Gasteiger partial charge in [-0.25, -0.2) is 4.39 Å². The molecule has 3 aromatic carbocycles. The predicted octanol–water partition coefficient (Wildman–Crippen LogP) is 7.01. The van der Waals surface area contributed by atoms with Gasteiger partial charge in [-0.15, -0.1) is 6.58 Å². The summed E-state index contributed by atoms with van der Waals surface area (Å²) < 4.78 is 14.7. The van der Waals surface area contributed by atoms with Crippen LogP contribution in [-0.4, -0.2) is 0 Å². The van der Waals surface area contributed by atoms with Gasteiger partial charge in [0.05, 0.1) is 0 Å². The average Bonchev–Trinajstić information content (AvgIpc) is 2.73. The van der Waals surface area contributed by atoms with Crippen molar-refractivity contribution in [2.75, 3.05) is 0 Å². The predicted molar refractivity (Wildman–Crippen MR) is 118 cm³/mol. The van der Waals surface area contributed by atoms with Gasteiger partial charge >= 0.3 is 0 Å². The molecule has 0 bridgehead atoms. The number of benzene rings is 3. The Morgan fingerprint density at radius 2 is 1.64 bits per heavy atom. The van der Waals surface area contributed by atoms with Crippen molar-refractivity contribution in [1.29, 1.82) is 0 Å². The van der Waals surface area contributed by atoms with E-state index in [1.54, 1.807) is 0 Å². The Labute approximate surface area is 167 Å². The van der Waals surface area contributed by atoms with Crippen LogP contribution in [0.1, 0.15) is 42.0 Å². The summed E-state index contributed by atoms with van der Waals surface area (Å²) in [5.41, 5.74) is 3.93. The van der Waals surface area contributed by atoms with Gasteiger partial charge in [0, 0.05) is 16.5 Å². The first-order chi connectivity index (χ1) is 13.7. The molecule has 0 amide bonds. The first kappa shape index (κ1) is 19.6. The molecule has 0 radical (unpaired) electrons. The standard InChI is InChI=1S/C27H25F/c1-3-5-7-9-24-17-18-25-20-23(16-19-26(25)27(24)28)15-14-22-12-10-21(11-13-22)8-6-4-2/h3-5,10-13,16-20H,2,6-9H2,1H3/b5-3+. The molecule has 0 saturated carbocycles. The molecule has 0 aliphatic rings. The van der Waals surface area contributed by atoms with E-state index in [-0.39, 0.29) is 5.82 Å². The van der Waals surface area contributed by atoms with Crippen LogP contribution in [0.4, 0.5) is 4.39 Å². The minimum absolute atomic E-state index is 0.114. The number of hydrogen-bond donors (Lipinski definition) is 0. The van der Waals surface area contributed by atoms with Gasteiger partial charge in [-0.1, -0.05) is 60.4 Å². The summed E-state index contributed by atoms with van der Waals surface area (Å²) in [6, 6.07) is 17.9. The molecule has 0 aromatic heterocycles. The van der Waals surface area contributed by atoms with Crippen molar-refractivity contribution in [3.63, 3.8) is 0 Å².